The van der Waals surface area contributed by atoms with Gasteiger partial charge in [-0.05, 0) is 0 Å². The van der Waals surface area contributed by atoms with Crippen LogP contribution in [0.2, 0.25) is 0 Å². The Bertz CT molecular complexity index is 253. The Kier molecular flexibility index (Phi) is 2.50. The van der Waals surface area contributed by atoms with Crippen molar-refractivity contribution in [1.29, 1.82) is 0 Å². The van der Waals surface area contributed by atoms with Gasteiger partial charge >= 0.3 is 0 Å². The van der Waals surface area contributed by atoms with Gasteiger partial charge < -0.3 is 15.5 Å². The lowest BCUT2D eigenvalue weighted by Gasteiger charge is -2.43. The molecule has 3 rings (SSSR count). The average molecular weight is 209 g/mol. The molecule has 84 valence electrons. The van der Waals surface area contributed by atoms with Gasteiger partial charge in [0.25, 0.3) is 0 Å². The topological polar surface area (TPSA) is 42.9 Å². The second kappa shape index (κ2) is 3.98. The van der Waals surface area contributed by atoms with Crippen LogP contribution in [0.3, 0.4) is 0 Å². The molecule has 0 aromatic carbocycles. The van der Waals surface area contributed by atoms with E-state index in [-0.39, 0.29) is 0 Å². The molecular formula is C10H19N5. The van der Waals surface area contributed by atoms with Gasteiger partial charge in [-0.25, -0.2) is 0 Å². The fourth-order valence-electron chi connectivity index (χ4n) is 2.43. The highest BCUT2D eigenvalue weighted by atomic mass is 15.4. The van der Waals surface area contributed by atoms with Gasteiger partial charge in [0.15, 0.2) is 5.96 Å². The molecular weight excluding hydrogens is 190 g/mol. The maximum atomic E-state index is 4.46. The maximum absolute atomic E-state index is 4.46. The van der Waals surface area contributed by atoms with Gasteiger partial charge in [0.1, 0.15) is 0 Å². The van der Waals surface area contributed by atoms with E-state index in [0.29, 0.717) is 0 Å². The van der Waals surface area contributed by atoms with Gasteiger partial charge in [-0.2, -0.15) is 0 Å². The molecule has 3 aliphatic heterocycles. The van der Waals surface area contributed by atoms with Crippen LogP contribution in [-0.2, 0) is 0 Å². The molecule has 0 radical (unpaired) electrons. The van der Waals surface area contributed by atoms with Crippen LogP contribution < -0.4 is 10.6 Å². The van der Waals surface area contributed by atoms with Crippen molar-refractivity contribution in [3.05, 3.63) is 0 Å². The second-order valence-electron chi connectivity index (χ2n) is 4.47. The minimum atomic E-state index is 0.797. The molecule has 0 aliphatic carbocycles. The molecule has 0 bridgehead atoms. The summed E-state index contributed by atoms with van der Waals surface area (Å²) in [5.41, 5.74) is 0. The Hall–Kier alpha value is -0.810. The Morgan fingerprint density at radius 1 is 1.13 bits per heavy atom. The maximum Gasteiger partial charge on any atom is 0.194 e. The zero-order valence-corrected chi connectivity index (χ0v) is 9.08. The first-order valence-electron chi connectivity index (χ1n) is 5.91. The Morgan fingerprint density at radius 2 is 1.93 bits per heavy atom. The molecule has 5 nitrogen and oxygen atoms in total. The summed E-state index contributed by atoms with van der Waals surface area (Å²) in [6, 6.07) is 0.797. The van der Waals surface area contributed by atoms with Gasteiger partial charge in [0, 0.05) is 51.9 Å². The van der Waals surface area contributed by atoms with Crippen molar-refractivity contribution in [3.8, 4) is 0 Å². The standard InChI is InChI=1S/C10H19N5/c1-2-13-10(12-1)15-5-3-14(4-6-15)9-7-11-8-9/h9,11H,1-8H2,(H,12,13). The number of nitrogens with zero attached hydrogens (tertiary/aromatic N) is 3. The smallest absolute Gasteiger partial charge is 0.194 e. The Labute approximate surface area is 90.5 Å². The highest BCUT2D eigenvalue weighted by molar-refractivity contribution is 5.81. The van der Waals surface area contributed by atoms with Gasteiger partial charge in [-0.3, -0.25) is 9.89 Å². The normalized spacial score (nSPS) is 28.5. The lowest BCUT2D eigenvalue weighted by molar-refractivity contribution is 0.0984. The van der Waals surface area contributed by atoms with Crippen molar-refractivity contribution >= 4 is 5.96 Å². The van der Waals surface area contributed by atoms with E-state index in [0.717, 1.165) is 38.2 Å². The minimum absolute atomic E-state index is 0.797. The number of hydrogen-bond donors (Lipinski definition) is 2. The third-order valence-electron chi connectivity index (χ3n) is 3.55. The third-order valence-corrected chi connectivity index (χ3v) is 3.55. The number of nitrogens with one attached hydrogen (secondary N) is 2. The zero-order chi connectivity index (χ0) is 10.1. The lowest BCUT2D eigenvalue weighted by Crippen LogP contribution is -2.62. The molecule has 2 fully saturated rings. The number of hydrogen-bond acceptors (Lipinski definition) is 5. The van der Waals surface area contributed by atoms with Crippen molar-refractivity contribution in [3.63, 3.8) is 0 Å². The number of guanidine groups is 1. The van der Waals surface area contributed by atoms with Crippen molar-refractivity contribution in [1.82, 2.24) is 20.4 Å². The van der Waals surface area contributed by atoms with Crippen molar-refractivity contribution < 1.29 is 0 Å². The van der Waals surface area contributed by atoms with Crippen LogP contribution in [0.4, 0.5) is 0 Å². The molecule has 0 amide bonds. The van der Waals surface area contributed by atoms with E-state index in [1.165, 1.54) is 26.2 Å². The van der Waals surface area contributed by atoms with E-state index in [2.05, 4.69) is 25.4 Å². The third kappa shape index (κ3) is 1.81. The van der Waals surface area contributed by atoms with E-state index in [1.807, 2.05) is 0 Å². The molecule has 2 N–H and O–H groups in total. The van der Waals surface area contributed by atoms with Gasteiger partial charge in [-0.1, -0.05) is 0 Å². The molecule has 0 aromatic heterocycles. The first kappa shape index (κ1) is 9.42. The van der Waals surface area contributed by atoms with Crippen molar-refractivity contribution in [2.75, 3.05) is 52.4 Å². The summed E-state index contributed by atoms with van der Waals surface area (Å²) in [6.07, 6.45) is 0. The zero-order valence-electron chi connectivity index (χ0n) is 9.08. The summed E-state index contributed by atoms with van der Waals surface area (Å²) >= 11 is 0. The van der Waals surface area contributed by atoms with Crippen LogP contribution >= 0.6 is 0 Å². The number of aliphatic imine (C=N–C) groups is 1. The summed E-state index contributed by atoms with van der Waals surface area (Å²) in [7, 11) is 0. The van der Waals surface area contributed by atoms with E-state index in [1.54, 1.807) is 0 Å². The Balaban J connectivity index is 1.51. The lowest BCUT2D eigenvalue weighted by atomic mass is 10.1. The first-order valence-corrected chi connectivity index (χ1v) is 5.91. The fraction of sp³-hybridized carbons (Fsp3) is 0.900. The quantitative estimate of drug-likeness (QED) is 0.554. The summed E-state index contributed by atoms with van der Waals surface area (Å²) in [6.45, 7) is 8.95. The minimum Gasteiger partial charge on any atom is -0.354 e. The van der Waals surface area contributed by atoms with E-state index in [4.69, 9.17) is 0 Å². The highest BCUT2D eigenvalue weighted by Gasteiger charge is 2.28. The molecule has 0 spiro atoms. The molecule has 5 heteroatoms. The van der Waals surface area contributed by atoms with Gasteiger partial charge in [-0.15, -0.1) is 0 Å². The predicted molar refractivity (Wildman–Crippen MR) is 60.1 cm³/mol. The number of rotatable bonds is 1. The number of piperazine rings is 1. The van der Waals surface area contributed by atoms with E-state index >= 15 is 0 Å². The summed E-state index contributed by atoms with van der Waals surface area (Å²) in [4.78, 5) is 9.45. The fourth-order valence-corrected chi connectivity index (χ4v) is 2.43. The SMILES string of the molecule is C1CNC(N2CCN(C3CNC3)CC2)=N1. The summed E-state index contributed by atoms with van der Waals surface area (Å²) in [5.74, 6) is 1.13. The van der Waals surface area contributed by atoms with Crippen LogP contribution in [-0.4, -0.2) is 74.2 Å². The highest BCUT2D eigenvalue weighted by Crippen LogP contribution is 2.10. The average Bonchev–Trinajstić information content (AvgIpc) is 2.69. The second-order valence-corrected chi connectivity index (χ2v) is 4.47. The molecule has 0 atom stereocenters. The summed E-state index contributed by atoms with van der Waals surface area (Å²) in [5, 5.41) is 6.68. The van der Waals surface area contributed by atoms with Crippen LogP contribution in [0, 0.1) is 0 Å². The Morgan fingerprint density at radius 3 is 2.47 bits per heavy atom. The largest absolute Gasteiger partial charge is 0.354 e. The van der Waals surface area contributed by atoms with Crippen molar-refractivity contribution in [2.24, 2.45) is 4.99 Å². The molecule has 0 unspecified atom stereocenters. The van der Waals surface area contributed by atoms with Gasteiger partial charge in [0.05, 0.1) is 6.54 Å². The molecule has 15 heavy (non-hydrogen) atoms. The van der Waals surface area contributed by atoms with Crippen molar-refractivity contribution in [2.45, 2.75) is 6.04 Å². The van der Waals surface area contributed by atoms with E-state index in [9.17, 15) is 0 Å². The van der Waals surface area contributed by atoms with Crippen LogP contribution in [0.15, 0.2) is 4.99 Å². The van der Waals surface area contributed by atoms with Crippen LogP contribution in [0.1, 0.15) is 0 Å². The molecule has 2 saturated heterocycles. The first-order chi connectivity index (χ1) is 7.43. The molecule has 3 heterocycles. The summed E-state index contributed by atoms with van der Waals surface area (Å²) < 4.78 is 0. The molecule has 3 aliphatic rings. The van der Waals surface area contributed by atoms with Gasteiger partial charge in [0.2, 0.25) is 0 Å². The molecule has 0 saturated carbocycles. The monoisotopic (exact) mass is 209 g/mol. The van der Waals surface area contributed by atoms with E-state index < -0.39 is 0 Å². The molecule has 0 aromatic rings. The predicted octanol–water partition coefficient (Wildman–Crippen LogP) is -1.46. The van der Waals surface area contributed by atoms with Crippen LogP contribution in [0.5, 0.6) is 0 Å². The van der Waals surface area contributed by atoms with Crippen LogP contribution in [0.25, 0.3) is 0 Å².